The maximum absolute atomic E-state index is 5.55. The maximum atomic E-state index is 5.55. The van der Waals surface area contributed by atoms with E-state index in [1.54, 1.807) is 7.11 Å². The zero-order valence-electron chi connectivity index (χ0n) is 13.3. The average molecular weight is 300 g/mol. The molecule has 0 bridgehead atoms. The Kier molecular flexibility index (Phi) is 11.4. The van der Waals surface area contributed by atoms with Crippen LogP contribution in [0.3, 0.4) is 0 Å². The van der Waals surface area contributed by atoms with Crippen LogP contribution in [0, 0.1) is 0 Å². The van der Waals surface area contributed by atoms with Crippen LogP contribution in [0.5, 0.6) is 5.75 Å². The van der Waals surface area contributed by atoms with E-state index in [0.29, 0.717) is 19.8 Å². The highest BCUT2D eigenvalue weighted by atomic mass is 28.4. The zero-order valence-corrected chi connectivity index (χ0v) is 14.3. The first kappa shape index (κ1) is 19.1. The number of methoxy groups -OCH3 is 1. The van der Waals surface area contributed by atoms with Gasteiger partial charge in [-0.2, -0.15) is 0 Å². The molecular weight excluding hydrogens is 272 g/mol. The van der Waals surface area contributed by atoms with Crippen LogP contribution in [-0.4, -0.2) is 35.7 Å². The van der Waals surface area contributed by atoms with Gasteiger partial charge in [-0.15, -0.1) is 0 Å². The van der Waals surface area contributed by atoms with Crippen molar-refractivity contribution in [2.24, 2.45) is 0 Å². The second-order valence-electron chi connectivity index (χ2n) is 3.85. The highest BCUT2D eigenvalue weighted by Gasteiger charge is 2.37. The van der Waals surface area contributed by atoms with Crippen LogP contribution >= 0.6 is 0 Å². The highest BCUT2D eigenvalue weighted by molar-refractivity contribution is 6.60. The summed E-state index contributed by atoms with van der Waals surface area (Å²) in [5, 5.41) is 0. The first-order chi connectivity index (χ1) is 9.67. The third-order valence-corrected chi connectivity index (χ3v) is 5.56. The fourth-order valence-corrected chi connectivity index (χ4v) is 3.83. The van der Waals surface area contributed by atoms with Gasteiger partial charge in [0.15, 0.2) is 0 Å². The summed E-state index contributed by atoms with van der Waals surface area (Å²) in [5.74, 6) is 0.910. The summed E-state index contributed by atoms with van der Waals surface area (Å²) in [5.41, 5.74) is 0. The van der Waals surface area contributed by atoms with Crippen molar-refractivity contribution in [2.45, 2.75) is 33.7 Å². The van der Waals surface area contributed by atoms with Gasteiger partial charge in [-0.3, -0.25) is 0 Å². The summed E-state index contributed by atoms with van der Waals surface area (Å²) in [6.07, 6.45) is 0. The van der Waals surface area contributed by atoms with Crippen LogP contribution in [0.4, 0.5) is 0 Å². The average Bonchev–Trinajstić information content (AvgIpc) is 2.49. The summed E-state index contributed by atoms with van der Waals surface area (Å²) in [6, 6.07) is 10.5. The van der Waals surface area contributed by atoms with Crippen molar-refractivity contribution < 1.29 is 18.0 Å². The van der Waals surface area contributed by atoms with Gasteiger partial charge >= 0.3 is 8.80 Å². The molecule has 0 spiro atoms. The topological polar surface area (TPSA) is 36.9 Å². The maximum Gasteiger partial charge on any atom is 0.500 e. The number of benzene rings is 1. The number of rotatable bonds is 8. The molecule has 0 heterocycles. The molecule has 0 aromatic heterocycles. The van der Waals surface area contributed by atoms with Gasteiger partial charge in [0.25, 0.3) is 0 Å². The molecule has 0 saturated heterocycles. The quantitative estimate of drug-likeness (QED) is 0.685. The Labute approximate surface area is 124 Å². The Hall–Kier alpha value is -0.883. The van der Waals surface area contributed by atoms with Crippen LogP contribution in [0.2, 0.25) is 6.04 Å². The van der Waals surface area contributed by atoms with E-state index >= 15 is 0 Å². The third kappa shape index (κ3) is 7.64. The van der Waals surface area contributed by atoms with Crippen LogP contribution in [0.1, 0.15) is 27.7 Å². The Morgan fingerprint density at radius 2 is 1.25 bits per heavy atom. The van der Waals surface area contributed by atoms with E-state index in [1.165, 1.54) is 0 Å². The van der Waals surface area contributed by atoms with E-state index in [-0.39, 0.29) is 0 Å². The fourth-order valence-electron chi connectivity index (χ4n) is 1.65. The lowest BCUT2D eigenvalue weighted by atomic mass is 10.3. The van der Waals surface area contributed by atoms with E-state index < -0.39 is 8.80 Å². The lowest BCUT2D eigenvalue weighted by molar-refractivity contribution is 0.0725. The molecule has 0 N–H and O–H groups in total. The molecule has 0 unspecified atom stereocenters. The van der Waals surface area contributed by atoms with Crippen LogP contribution in [-0.2, 0) is 13.3 Å². The minimum atomic E-state index is -2.27. The molecule has 5 heteroatoms. The van der Waals surface area contributed by atoms with Gasteiger partial charge in [0.2, 0.25) is 0 Å². The van der Waals surface area contributed by atoms with Gasteiger partial charge in [0.05, 0.1) is 7.11 Å². The standard InChI is InChI=1S/C8H20O3Si.C7H8O/c1-5-9-12(8-4,10-6-2)11-7-3;1-8-7-5-3-2-4-6-7/h5-8H2,1-4H3;2-6H,1H3. The number of para-hydroxylation sites is 1. The predicted octanol–water partition coefficient (Wildman–Crippen LogP) is 3.75. The Morgan fingerprint density at radius 1 is 0.800 bits per heavy atom. The van der Waals surface area contributed by atoms with Crippen molar-refractivity contribution >= 4 is 8.80 Å². The van der Waals surface area contributed by atoms with Crippen molar-refractivity contribution in [3.05, 3.63) is 30.3 Å². The number of ether oxygens (including phenoxy) is 1. The van der Waals surface area contributed by atoms with Gasteiger partial charge in [-0.05, 0) is 32.9 Å². The smallest absolute Gasteiger partial charge is 0.497 e. The van der Waals surface area contributed by atoms with Gasteiger partial charge in [0.1, 0.15) is 5.75 Å². The molecule has 4 nitrogen and oxygen atoms in total. The zero-order chi connectivity index (χ0) is 15.3. The van der Waals surface area contributed by atoms with Crippen molar-refractivity contribution in [3.63, 3.8) is 0 Å². The predicted molar refractivity (Wildman–Crippen MR) is 84.1 cm³/mol. The molecule has 0 aliphatic carbocycles. The van der Waals surface area contributed by atoms with E-state index in [2.05, 4.69) is 0 Å². The van der Waals surface area contributed by atoms with Crippen LogP contribution < -0.4 is 4.74 Å². The van der Waals surface area contributed by atoms with E-state index in [0.717, 1.165) is 11.8 Å². The molecule has 20 heavy (non-hydrogen) atoms. The molecule has 0 saturated carbocycles. The molecule has 0 aliphatic heterocycles. The first-order valence-electron chi connectivity index (χ1n) is 7.18. The second kappa shape index (κ2) is 11.9. The fraction of sp³-hybridized carbons (Fsp3) is 0.600. The number of hydrogen-bond acceptors (Lipinski definition) is 4. The monoisotopic (exact) mass is 300 g/mol. The summed E-state index contributed by atoms with van der Waals surface area (Å²) in [7, 11) is -0.607. The van der Waals surface area contributed by atoms with E-state index in [9.17, 15) is 0 Å². The largest absolute Gasteiger partial charge is 0.500 e. The second-order valence-corrected chi connectivity index (χ2v) is 6.79. The van der Waals surface area contributed by atoms with Crippen molar-refractivity contribution in [1.82, 2.24) is 0 Å². The molecule has 1 aromatic carbocycles. The highest BCUT2D eigenvalue weighted by Crippen LogP contribution is 2.14. The molecule has 1 rings (SSSR count). The molecule has 0 aliphatic rings. The van der Waals surface area contributed by atoms with E-state index in [1.807, 2.05) is 58.0 Å². The summed E-state index contributed by atoms with van der Waals surface area (Å²) in [4.78, 5) is 0. The summed E-state index contributed by atoms with van der Waals surface area (Å²) >= 11 is 0. The molecule has 0 amide bonds. The lowest BCUT2D eigenvalue weighted by Gasteiger charge is -2.26. The third-order valence-electron chi connectivity index (χ3n) is 2.50. The van der Waals surface area contributed by atoms with Crippen LogP contribution in [0.25, 0.3) is 0 Å². The van der Waals surface area contributed by atoms with E-state index in [4.69, 9.17) is 18.0 Å². The van der Waals surface area contributed by atoms with Crippen LogP contribution in [0.15, 0.2) is 30.3 Å². The number of hydrogen-bond donors (Lipinski definition) is 0. The van der Waals surface area contributed by atoms with Crippen molar-refractivity contribution in [2.75, 3.05) is 26.9 Å². The molecule has 0 radical (unpaired) electrons. The molecule has 1 aromatic rings. The van der Waals surface area contributed by atoms with Crippen molar-refractivity contribution in [1.29, 1.82) is 0 Å². The van der Waals surface area contributed by atoms with Gasteiger partial charge in [0, 0.05) is 25.9 Å². The first-order valence-corrected chi connectivity index (χ1v) is 9.12. The normalized spacial score (nSPS) is 10.7. The van der Waals surface area contributed by atoms with Crippen molar-refractivity contribution in [3.8, 4) is 5.75 Å². The minimum Gasteiger partial charge on any atom is -0.497 e. The molecule has 116 valence electrons. The lowest BCUT2D eigenvalue weighted by Crippen LogP contribution is -2.45. The van der Waals surface area contributed by atoms with Gasteiger partial charge in [-0.25, -0.2) is 0 Å². The van der Waals surface area contributed by atoms with Gasteiger partial charge in [-0.1, -0.05) is 25.1 Å². The summed E-state index contributed by atoms with van der Waals surface area (Å²) < 4.78 is 21.6. The minimum absolute atomic E-state index is 0.667. The Balaban J connectivity index is 0.000000388. The Bertz CT molecular complexity index is 302. The van der Waals surface area contributed by atoms with Gasteiger partial charge < -0.3 is 18.0 Å². The molecule has 0 fully saturated rings. The SMILES string of the molecule is CCO[Si](CC)(OCC)OCC.COc1ccccc1. The Morgan fingerprint density at radius 3 is 1.50 bits per heavy atom. The molecular formula is C15H28O4Si. The molecule has 0 atom stereocenters. The summed E-state index contributed by atoms with van der Waals surface area (Å²) in [6.45, 7) is 9.95.